The van der Waals surface area contributed by atoms with E-state index in [2.05, 4.69) is 69.9 Å². The van der Waals surface area contributed by atoms with Crippen molar-refractivity contribution >= 4 is 27.2 Å². The molecule has 2 aliphatic rings. The predicted molar refractivity (Wildman–Crippen MR) is 123 cm³/mol. The summed E-state index contributed by atoms with van der Waals surface area (Å²) in [5, 5.41) is 0. The van der Waals surface area contributed by atoms with Gasteiger partial charge in [-0.3, -0.25) is 4.90 Å². The van der Waals surface area contributed by atoms with Gasteiger partial charge in [-0.25, -0.2) is 0 Å². The molecule has 4 rings (SSSR count). The summed E-state index contributed by atoms with van der Waals surface area (Å²) in [6.07, 6.45) is 0.852. The number of nitrogens with zero attached hydrogens (tertiary/aromatic N) is 2. The van der Waals surface area contributed by atoms with Crippen LogP contribution in [-0.4, -0.2) is 50.8 Å². The summed E-state index contributed by atoms with van der Waals surface area (Å²) in [6, 6.07) is 15.7. The van der Waals surface area contributed by atoms with Crippen LogP contribution in [0.2, 0.25) is 0 Å². The normalized spacial score (nSPS) is 17.8. The molecule has 1 fully saturated rings. The summed E-state index contributed by atoms with van der Waals surface area (Å²) in [7, 11) is 1.69. The summed E-state index contributed by atoms with van der Waals surface area (Å²) >= 11 is 3.81. The first-order chi connectivity index (χ1) is 14.1. The highest BCUT2D eigenvalue weighted by atomic mass is 79.9. The minimum atomic E-state index is 0.625. The van der Waals surface area contributed by atoms with Crippen molar-refractivity contribution in [3.05, 3.63) is 58.1 Å². The van der Waals surface area contributed by atoms with Crippen molar-refractivity contribution in [1.82, 2.24) is 4.90 Å². The van der Waals surface area contributed by atoms with Gasteiger partial charge in [0.15, 0.2) is 0 Å². The minimum Gasteiger partial charge on any atom is -0.497 e. The van der Waals surface area contributed by atoms with E-state index in [1.165, 1.54) is 21.3 Å². The number of anilines is 1. The lowest BCUT2D eigenvalue weighted by atomic mass is 9.96. The molecule has 0 bridgehead atoms. The van der Waals surface area contributed by atoms with Gasteiger partial charge in [0.1, 0.15) is 11.5 Å². The summed E-state index contributed by atoms with van der Waals surface area (Å²) in [5.41, 5.74) is 4.82. The Hall–Kier alpha value is -1.98. The van der Waals surface area contributed by atoms with Gasteiger partial charge < -0.3 is 14.4 Å². The standard InChI is InChI=1S/C24H29BrN2O2/c1-17(2)26-11-13-27(14-12-26)19-6-4-18(5-7-19)24-21-9-8-20(28-3)16-23(21)29-15-10-22(24)25/h4-9,16-17H,10-15H2,1-3H3. The van der Waals surface area contributed by atoms with Crippen LogP contribution in [0.3, 0.4) is 0 Å². The van der Waals surface area contributed by atoms with E-state index in [1.807, 2.05) is 12.1 Å². The van der Waals surface area contributed by atoms with Crippen LogP contribution in [0.25, 0.3) is 5.57 Å². The van der Waals surface area contributed by atoms with E-state index in [9.17, 15) is 0 Å². The predicted octanol–water partition coefficient (Wildman–Crippen LogP) is 5.16. The summed E-state index contributed by atoms with van der Waals surface area (Å²) in [6.45, 7) is 9.63. The maximum atomic E-state index is 6.00. The Bertz CT molecular complexity index is 884. The molecule has 0 aromatic heterocycles. The van der Waals surface area contributed by atoms with Gasteiger partial charge in [0.05, 0.1) is 13.7 Å². The summed E-state index contributed by atoms with van der Waals surface area (Å²) < 4.78 is 12.6. The molecular weight excluding hydrogens is 428 g/mol. The van der Waals surface area contributed by atoms with Crippen molar-refractivity contribution in [2.24, 2.45) is 0 Å². The van der Waals surface area contributed by atoms with Gasteiger partial charge >= 0.3 is 0 Å². The molecule has 154 valence electrons. The molecule has 2 aliphatic heterocycles. The van der Waals surface area contributed by atoms with Crippen LogP contribution >= 0.6 is 15.9 Å². The van der Waals surface area contributed by atoms with Gasteiger partial charge in [-0.2, -0.15) is 0 Å². The van der Waals surface area contributed by atoms with Crippen LogP contribution in [0.15, 0.2) is 46.9 Å². The molecular formula is C24H29BrN2O2. The molecule has 0 radical (unpaired) electrons. The Labute approximate surface area is 182 Å². The van der Waals surface area contributed by atoms with Crippen LogP contribution in [0.1, 0.15) is 31.4 Å². The van der Waals surface area contributed by atoms with E-state index in [0.29, 0.717) is 12.6 Å². The largest absolute Gasteiger partial charge is 0.497 e. The van der Waals surface area contributed by atoms with Crippen molar-refractivity contribution in [1.29, 1.82) is 0 Å². The fraction of sp³-hybridized carbons (Fsp3) is 0.417. The van der Waals surface area contributed by atoms with E-state index in [1.54, 1.807) is 7.11 Å². The number of fused-ring (bicyclic) bond motifs is 1. The molecule has 2 aromatic carbocycles. The molecule has 4 nitrogen and oxygen atoms in total. The highest BCUT2D eigenvalue weighted by Gasteiger charge is 2.21. The zero-order valence-corrected chi connectivity index (χ0v) is 19.0. The van der Waals surface area contributed by atoms with E-state index in [-0.39, 0.29) is 0 Å². The molecule has 5 heteroatoms. The average Bonchev–Trinajstić information content (AvgIpc) is 2.91. The zero-order valence-electron chi connectivity index (χ0n) is 17.5. The number of hydrogen-bond donors (Lipinski definition) is 0. The SMILES string of the molecule is COc1ccc2c(c1)OCCC(Br)=C2c1ccc(N2CCN(C(C)C)CC2)cc1. The van der Waals surface area contributed by atoms with Crippen LogP contribution in [0.5, 0.6) is 11.5 Å². The van der Waals surface area contributed by atoms with Crippen LogP contribution < -0.4 is 14.4 Å². The Morgan fingerprint density at radius 1 is 1.00 bits per heavy atom. The molecule has 2 aromatic rings. The minimum absolute atomic E-state index is 0.625. The lowest BCUT2D eigenvalue weighted by Crippen LogP contribution is -2.48. The first-order valence-corrected chi connectivity index (χ1v) is 11.2. The topological polar surface area (TPSA) is 24.9 Å². The van der Waals surface area contributed by atoms with Crippen LogP contribution in [-0.2, 0) is 0 Å². The molecule has 0 saturated carbocycles. The Morgan fingerprint density at radius 2 is 1.72 bits per heavy atom. The number of halogens is 1. The van der Waals surface area contributed by atoms with Crippen molar-refractivity contribution in [2.45, 2.75) is 26.3 Å². The monoisotopic (exact) mass is 456 g/mol. The Morgan fingerprint density at radius 3 is 2.38 bits per heavy atom. The second-order valence-electron chi connectivity index (χ2n) is 7.90. The number of ether oxygens (including phenoxy) is 2. The van der Waals surface area contributed by atoms with Crippen molar-refractivity contribution < 1.29 is 9.47 Å². The van der Waals surface area contributed by atoms with Crippen molar-refractivity contribution in [3.63, 3.8) is 0 Å². The molecule has 1 saturated heterocycles. The smallest absolute Gasteiger partial charge is 0.130 e. The molecule has 2 heterocycles. The molecule has 0 unspecified atom stereocenters. The van der Waals surface area contributed by atoms with Crippen molar-refractivity contribution in [3.8, 4) is 11.5 Å². The first-order valence-electron chi connectivity index (χ1n) is 10.4. The number of methoxy groups -OCH3 is 1. The van der Waals surface area contributed by atoms with E-state index in [0.717, 1.165) is 49.7 Å². The quantitative estimate of drug-likeness (QED) is 0.633. The lowest BCUT2D eigenvalue weighted by Gasteiger charge is -2.38. The van der Waals surface area contributed by atoms with Gasteiger partial charge in [-0.15, -0.1) is 0 Å². The third-order valence-corrected chi connectivity index (χ3v) is 6.67. The van der Waals surface area contributed by atoms with Crippen molar-refractivity contribution in [2.75, 3.05) is 44.8 Å². The van der Waals surface area contributed by atoms with Gasteiger partial charge in [0.2, 0.25) is 0 Å². The number of hydrogen-bond acceptors (Lipinski definition) is 4. The van der Waals surface area contributed by atoms with E-state index in [4.69, 9.17) is 9.47 Å². The highest BCUT2D eigenvalue weighted by Crippen LogP contribution is 2.41. The Kier molecular flexibility index (Phi) is 6.16. The number of rotatable bonds is 4. The zero-order chi connectivity index (χ0) is 20.4. The number of benzene rings is 2. The Balaban J connectivity index is 1.59. The molecule has 0 N–H and O–H groups in total. The van der Waals surface area contributed by atoms with Gasteiger partial charge in [-0.05, 0) is 43.7 Å². The molecule has 0 atom stereocenters. The lowest BCUT2D eigenvalue weighted by molar-refractivity contribution is 0.209. The maximum absolute atomic E-state index is 6.00. The average molecular weight is 457 g/mol. The summed E-state index contributed by atoms with van der Waals surface area (Å²) in [4.78, 5) is 5.03. The highest BCUT2D eigenvalue weighted by molar-refractivity contribution is 9.11. The number of piperazine rings is 1. The first kappa shape index (κ1) is 20.3. The van der Waals surface area contributed by atoms with Crippen LogP contribution in [0, 0.1) is 0 Å². The third kappa shape index (κ3) is 4.31. The summed E-state index contributed by atoms with van der Waals surface area (Å²) in [5.74, 6) is 1.69. The fourth-order valence-electron chi connectivity index (χ4n) is 4.12. The second-order valence-corrected chi connectivity index (χ2v) is 8.86. The fourth-order valence-corrected chi connectivity index (χ4v) is 4.73. The van der Waals surface area contributed by atoms with Crippen LogP contribution in [0.4, 0.5) is 5.69 Å². The third-order valence-electron chi connectivity index (χ3n) is 5.87. The molecule has 0 spiro atoms. The van der Waals surface area contributed by atoms with E-state index < -0.39 is 0 Å². The van der Waals surface area contributed by atoms with Gasteiger partial charge in [0, 0.05) is 66.0 Å². The van der Waals surface area contributed by atoms with E-state index >= 15 is 0 Å². The van der Waals surface area contributed by atoms with Gasteiger partial charge in [0.25, 0.3) is 0 Å². The second kappa shape index (κ2) is 8.80. The molecule has 29 heavy (non-hydrogen) atoms. The van der Waals surface area contributed by atoms with Gasteiger partial charge in [-0.1, -0.05) is 28.1 Å². The molecule has 0 aliphatic carbocycles. The molecule has 0 amide bonds. The maximum Gasteiger partial charge on any atom is 0.130 e.